The quantitative estimate of drug-likeness (QED) is 0.914. The molecule has 2 N–H and O–H groups in total. The van der Waals surface area contributed by atoms with Crippen LogP contribution in [0.1, 0.15) is 22.5 Å². The van der Waals surface area contributed by atoms with E-state index in [4.69, 9.17) is 5.11 Å². The number of hydrogen-bond donors (Lipinski definition) is 2. The van der Waals surface area contributed by atoms with E-state index in [0.29, 0.717) is 23.1 Å². The summed E-state index contributed by atoms with van der Waals surface area (Å²) in [4.78, 5) is 23.2. The topological polar surface area (TPSA) is 66.4 Å². The smallest absolute Gasteiger partial charge is 0.306 e. The Bertz CT molecular complexity index is 691. The Hall–Kier alpha value is -1.95. The molecule has 1 saturated carbocycles. The number of carbonyl (C=O) groups is 2. The van der Waals surface area contributed by atoms with Crippen LogP contribution in [-0.4, -0.2) is 23.0 Å². The molecule has 0 saturated heterocycles. The standard InChI is InChI=1S/C14H12FNO3S/c15-9-1-2-11-7(3-9)6-12(20-11)13(17)16-10-4-8(5-10)14(18)19/h1-3,6,8,10H,4-5H2,(H,16,17)(H,18,19). The average molecular weight is 293 g/mol. The highest BCUT2D eigenvalue weighted by Gasteiger charge is 2.35. The lowest BCUT2D eigenvalue weighted by molar-refractivity contribution is -0.145. The van der Waals surface area contributed by atoms with Gasteiger partial charge in [0.2, 0.25) is 0 Å². The molecule has 1 heterocycles. The number of amides is 1. The van der Waals surface area contributed by atoms with Gasteiger partial charge < -0.3 is 10.4 Å². The number of aliphatic carboxylic acids is 1. The summed E-state index contributed by atoms with van der Waals surface area (Å²) < 4.78 is 13.9. The van der Waals surface area contributed by atoms with Gasteiger partial charge >= 0.3 is 5.97 Å². The Balaban J connectivity index is 1.69. The van der Waals surface area contributed by atoms with E-state index in [0.717, 1.165) is 4.70 Å². The Morgan fingerprint density at radius 1 is 1.30 bits per heavy atom. The third-order valence-electron chi connectivity index (χ3n) is 3.52. The molecule has 104 valence electrons. The fraction of sp³-hybridized carbons (Fsp3) is 0.286. The van der Waals surface area contributed by atoms with Gasteiger partial charge in [0.05, 0.1) is 10.8 Å². The van der Waals surface area contributed by atoms with Crippen molar-refractivity contribution in [1.29, 1.82) is 0 Å². The van der Waals surface area contributed by atoms with Crippen LogP contribution in [0.25, 0.3) is 10.1 Å². The van der Waals surface area contributed by atoms with Crippen LogP contribution in [0, 0.1) is 11.7 Å². The molecule has 4 nitrogen and oxygen atoms in total. The molecule has 0 bridgehead atoms. The maximum atomic E-state index is 13.1. The molecule has 3 rings (SSSR count). The van der Waals surface area contributed by atoms with Crippen molar-refractivity contribution in [2.75, 3.05) is 0 Å². The maximum Gasteiger partial charge on any atom is 0.306 e. The van der Waals surface area contributed by atoms with Gasteiger partial charge in [-0.1, -0.05) is 0 Å². The second-order valence-electron chi connectivity index (χ2n) is 4.97. The molecule has 0 unspecified atom stereocenters. The van der Waals surface area contributed by atoms with Gasteiger partial charge in [0, 0.05) is 10.7 Å². The minimum absolute atomic E-state index is 0.0782. The first-order valence-electron chi connectivity index (χ1n) is 6.25. The number of benzene rings is 1. The lowest BCUT2D eigenvalue weighted by Gasteiger charge is -2.32. The summed E-state index contributed by atoms with van der Waals surface area (Å²) in [5, 5.41) is 12.3. The monoisotopic (exact) mass is 293 g/mol. The second kappa shape index (κ2) is 4.86. The largest absolute Gasteiger partial charge is 0.481 e. The van der Waals surface area contributed by atoms with Gasteiger partial charge in [-0.2, -0.15) is 0 Å². The van der Waals surface area contributed by atoms with Gasteiger partial charge in [0.1, 0.15) is 5.82 Å². The van der Waals surface area contributed by atoms with Gasteiger partial charge in [0.15, 0.2) is 0 Å². The van der Waals surface area contributed by atoms with E-state index >= 15 is 0 Å². The first-order valence-corrected chi connectivity index (χ1v) is 7.07. The second-order valence-corrected chi connectivity index (χ2v) is 6.05. The number of rotatable bonds is 3. The van der Waals surface area contributed by atoms with Crippen molar-refractivity contribution in [3.05, 3.63) is 35.0 Å². The van der Waals surface area contributed by atoms with Crippen molar-refractivity contribution in [2.24, 2.45) is 5.92 Å². The lowest BCUT2D eigenvalue weighted by atomic mass is 9.80. The highest BCUT2D eigenvalue weighted by Crippen LogP contribution is 2.29. The summed E-state index contributed by atoms with van der Waals surface area (Å²) in [5.74, 6) is -1.71. The summed E-state index contributed by atoms with van der Waals surface area (Å²) in [5.41, 5.74) is 0. The maximum absolute atomic E-state index is 13.1. The van der Waals surface area contributed by atoms with E-state index < -0.39 is 5.97 Å². The average Bonchev–Trinajstić information content (AvgIpc) is 2.75. The Labute approximate surface area is 118 Å². The first-order chi connectivity index (χ1) is 9.52. The molecule has 0 atom stereocenters. The van der Waals surface area contributed by atoms with Crippen LogP contribution >= 0.6 is 11.3 Å². The van der Waals surface area contributed by atoms with E-state index in [1.54, 1.807) is 12.1 Å². The van der Waals surface area contributed by atoms with Gasteiger partial charge in [-0.15, -0.1) is 11.3 Å². The molecule has 1 aromatic heterocycles. The SMILES string of the molecule is O=C(NC1CC(C(=O)O)C1)c1cc2cc(F)ccc2s1. The summed E-state index contributed by atoms with van der Waals surface area (Å²) in [6.45, 7) is 0. The number of carbonyl (C=O) groups excluding carboxylic acids is 1. The van der Waals surface area contributed by atoms with Crippen LogP contribution < -0.4 is 5.32 Å². The van der Waals surface area contributed by atoms with Crippen LogP contribution in [0.15, 0.2) is 24.3 Å². The number of hydrogen-bond acceptors (Lipinski definition) is 3. The number of thiophene rings is 1. The van der Waals surface area contributed by atoms with E-state index in [1.165, 1.54) is 23.5 Å². The highest BCUT2D eigenvalue weighted by atomic mass is 32.1. The molecule has 0 spiro atoms. The summed E-state index contributed by atoms with van der Waals surface area (Å²) in [6.07, 6.45) is 0.946. The zero-order valence-corrected chi connectivity index (χ0v) is 11.2. The zero-order chi connectivity index (χ0) is 14.3. The lowest BCUT2D eigenvalue weighted by Crippen LogP contribution is -2.46. The van der Waals surface area contributed by atoms with Crippen LogP contribution in [0.4, 0.5) is 4.39 Å². The minimum atomic E-state index is -0.812. The third-order valence-corrected chi connectivity index (χ3v) is 4.64. The van der Waals surface area contributed by atoms with E-state index in [-0.39, 0.29) is 23.7 Å². The molecule has 0 radical (unpaired) electrons. The van der Waals surface area contributed by atoms with Gasteiger partial charge in [-0.25, -0.2) is 4.39 Å². The third kappa shape index (κ3) is 2.38. The summed E-state index contributed by atoms with van der Waals surface area (Å²) in [6, 6.07) is 5.99. The van der Waals surface area contributed by atoms with Crippen molar-refractivity contribution in [3.8, 4) is 0 Å². The van der Waals surface area contributed by atoms with Crippen LogP contribution in [-0.2, 0) is 4.79 Å². The normalized spacial score (nSPS) is 21.4. The molecule has 1 amide bonds. The number of nitrogens with one attached hydrogen (secondary N) is 1. The Morgan fingerprint density at radius 3 is 2.75 bits per heavy atom. The van der Waals surface area contributed by atoms with Crippen LogP contribution in [0.2, 0.25) is 0 Å². The summed E-state index contributed by atoms with van der Waals surface area (Å²) in [7, 11) is 0. The molecule has 1 aromatic carbocycles. The molecule has 0 aliphatic heterocycles. The van der Waals surface area contributed by atoms with Crippen molar-refractivity contribution in [1.82, 2.24) is 5.32 Å². The van der Waals surface area contributed by atoms with Gasteiger partial charge in [-0.05, 0) is 42.5 Å². The molecule has 2 aromatic rings. The van der Waals surface area contributed by atoms with E-state index in [2.05, 4.69) is 5.32 Å². The van der Waals surface area contributed by atoms with Crippen LogP contribution in [0.5, 0.6) is 0 Å². The molecule has 1 fully saturated rings. The predicted octanol–water partition coefficient (Wildman–Crippen LogP) is 2.63. The molecule has 20 heavy (non-hydrogen) atoms. The molecular formula is C14H12FNO3S. The van der Waals surface area contributed by atoms with Gasteiger partial charge in [0.25, 0.3) is 5.91 Å². The van der Waals surface area contributed by atoms with Crippen molar-refractivity contribution < 1.29 is 19.1 Å². The fourth-order valence-corrected chi connectivity index (χ4v) is 3.27. The highest BCUT2D eigenvalue weighted by molar-refractivity contribution is 7.20. The van der Waals surface area contributed by atoms with E-state index in [9.17, 15) is 14.0 Å². The Morgan fingerprint density at radius 2 is 2.05 bits per heavy atom. The van der Waals surface area contributed by atoms with E-state index in [1.807, 2.05) is 0 Å². The molecule has 1 aliphatic carbocycles. The van der Waals surface area contributed by atoms with Crippen molar-refractivity contribution >= 4 is 33.3 Å². The number of fused-ring (bicyclic) bond motifs is 1. The number of carboxylic acids is 1. The Kier molecular flexibility index (Phi) is 3.17. The fourth-order valence-electron chi connectivity index (χ4n) is 2.32. The molecule has 1 aliphatic rings. The first kappa shape index (κ1) is 13.1. The number of halogens is 1. The number of carboxylic acid groups (broad SMARTS) is 1. The molecule has 6 heteroatoms. The predicted molar refractivity (Wildman–Crippen MR) is 73.4 cm³/mol. The van der Waals surface area contributed by atoms with Crippen molar-refractivity contribution in [3.63, 3.8) is 0 Å². The van der Waals surface area contributed by atoms with Crippen LogP contribution in [0.3, 0.4) is 0 Å². The minimum Gasteiger partial charge on any atom is -0.481 e. The zero-order valence-electron chi connectivity index (χ0n) is 10.4. The van der Waals surface area contributed by atoms with Crippen molar-refractivity contribution in [2.45, 2.75) is 18.9 Å². The van der Waals surface area contributed by atoms with Gasteiger partial charge in [-0.3, -0.25) is 9.59 Å². The molecular weight excluding hydrogens is 281 g/mol. The summed E-state index contributed by atoms with van der Waals surface area (Å²) >= 11 is 1.30.